The molecule has 1 fully saturated rings. The number of likely N-dealkylation sites (tertiary alicyclic amines) is 1. The Kier molecular flexibility index (Phi) is 5.62. The molecule has 1 atom stereocenters. The van der Waals surface area contributed by atoms with Gasteiger partial charge in [-0.2, -0.15) is 0 Å². The molecule has 128 valence electrons. The van der Waals surface area contributed by atoms with Crippen molar-refractivity contribution >= 4 is 17.9 Å². The van der Waals surface area contributed by atoms with Crippen LogP contribution in [0.25, 0.3) is 6.08 Å². The first-order valence-electron chi connectivity index (χ1n) is 8.53. The molecule has 0 bridgehead atoms. The lowest BCUT2D eigenvalue weighted by Gasteiger charge is -2.16. The largest absolute Gasteiger partial charge is 0.352 e. The number of benzene rings is 2. The minimum absolute atomic E-state index is 0.127. The van der Waals surface area contributed by atoms with Gasteiger partial charge in [0, 0.05) is 38.0 Å². The zero-order valence-corrected chi connectivity index (χ0v) is 14.1. The molecule has 0 saturated carbocycles. The van der Waals surface area contributed by atoms with Gasteiger partial charge < -0.3 is 10.2 Å². The minimum Gasteiger partial charge on any atom is -0.352 e. The van der Waals surface area contributed by atoms with Crippen molar-refractivity contribution < 1.29 is 9.59 Å². The standard InChI is InChI=1S/C21H22N2O2/c24-20(12-11-17-7-3-1-4-8-17)22-14-19-13-21(25)23(16-19)15-18-9-5-2-6-10-18/h1-12,19H,13-16H2,(H,22,24)/b12-11-. The van der Waals surface area contributed by atoms with Gasteiger partial charge in [0.15, 0.2) is 0 Å². The Labute approximate surface area is 148 Å². The van der Waals surface area contributed by atoms with Gasteiger partial charge in [0.2, 0.25) is 11.8 Å². The average molecular weight is 334 g/mol. The van der Waals surface area contributed by atoms with E-state index < -0.39 is 0 Å². The fraction of sp³-hybridized carbons (Fsp3) is 0.238. The van der Waals surface area contributed by atoms with Gasteiger partial charge in [-0.25, -0.2) is 0 Å². The van der Waals surface area contributed by atoms with E-state index in [9.17, 15) is 9.59 Å². The maximum absolute atomic E-state index is 12.1. The van der Waals surface area contributed by atoms with Crippen LogP contribution in [0.3, 0.4) is 0 Å². The summed E-state index contributed by atoms with van der Waals surface area (Å²) in [5.74, 6) is 0.200. The number of nitrogens with one attached hydrogen (secondary N) is 1. The molecule has 0 radical (unpaired) electrons. The second kappa shape index (κ2) is 8.29. The molecular weight excluding hydrogens is 312 g/mol. The molecule has 2 amide bonds. The molecule has 1 unspecified atom stereocenters. The lowest BCUT2D eigenvalue weighted by atomic mass is 10.1. The number of amides is 2. The topological polar surface area (TPSA) is 49.4 Å². The molecule has 4 nitrogen and oxygen atoms in total. The lowest BCUT2D eigenvalue weighted by Crippen LogP contribution is -2.30. The van der Waals surface area contributed by atoms with Crippen molar-refractivity contribution in [1.29, 1.82) is 0 Å². The van der Waals surface area contributed by atoms with Gasteiger partial charge in [-0.1, -0.05) is 60.7 Å². The fourth-order valence-corrected chi connectivity index (χ4v) is 2.99. The third kappa shape index (κ3) is 5.05. The van der Waals surface area contributed by atoms with Gasteiger partial charge in [-0.05, 0) is 17.2 Å². The molecule has 2 aromatic carbocycles. The van der Waals surface area contributed by atoms with E-state index in [0.29, 0.717) is 26.1 Å². The number of carbonyl (C=O) groups is 2. The Morgan fingerprint density at radius 2 is 1.76 bits per heavy atom. The van der Waals surface area contributed by atoms with Crippen LogP contribution in [-0.2, 0) is 16.1 Å². The van der Waals surface area contributed by atoms with Crippen molar-refractivity contribution in [2.45, 2.75) is 13.0 Å². The first-order chi connectivity index (χ1) is 12.2. The summed E-state index contributed by atoms with van der Waals surface area (Å²) in [5.41, 5.74) is 2.12. The summed E-state index contributed by atoms with van der Waals surface area (Å²) in [5, 5.41) is 2.90. The predicted octanol–water partition coefficient (Wildman–Crippen LogP) is 2.86. The van der Waals surface area contributed by atoms with E-state index in [1.807, 2.05) is 65.6 Å². The van der Waals surface area contributed by atoms with E-state index >= 15 is 0 Å². The Hall–Kier alpha value is -2.88. The number of nitrogens with zero attached hydrogens (tertiary/aromatic N) is 1. The summed E-state index contributed by atoms with van der Waals surface area (Å²) in [4.78, 5) is 25.9. The summed E-state index contributed by atoms with van der Waals surface area (Å²) in [6.07, 6.45) is 3.82. The number of carbonyl (C=O) groups excluding carboxylic acids is 2. The third-order valence-electron chi connectivity index (χ3n) is 4.30. The molecule has 0 aliphatic carbocycles. The van der Waals surface area contributed by atoms with Crippen molar-refractivity contribution in [3.05, 3.63) is 77.9 Å². The highest BCUT2D eigenvalue weighted by molar-refractivity contribution is 5.91. The van der Waals surface area contributed by atoms with E-state index in [1.165, 1.54) is 6.08 Å². The van der Waals surface area contributed by atoms with Crippen molar-refractivity contribution in [1.82, 2.24) is 10.2 Å². The molecule has 2 aromatic rings. The number of hydrogen-bond acceptors (Lipinski definition) is 2. The van der Waals surface area contributed by atoms with Crippen LogP contribution in [0.4, 0.5) is 0 Å². The smallest absolute Gasteiger partial charge is 0.244 e. The van der Waals surface area contributed by atoms with E-state index in [4.69, 9.17) is 0 Å². The fourth-order valence-electron chi connectivity index (χ4n) is 2.99. The average Bonchev–Trinajstić information content (AvgIpc) is 2.99. The normalized spacial score (nSPS) is 17.2. The summed E-state index contributed by atoms with van der Waals surface area (Å²) in [6.45, 7) is 1.85. The molecule has 25 heavy (non-hydrogen) atoms. The highest BCUT2D eigenvalue weighted by atomic mass is 16.2. The molecule has 1 aliphatic heterocycles. The van der Waals surface area contributed by atoms with Crippen LogP contribution in [0.2, 0.25) is 0 Å². The van der Waals surface area contributed by atoms with Crippen LogP contribution in [0.1, 0.15) is 17.5 Å². The molecule has 0 aromatic heterocycles. The summed E-state index contributed by atoms with van der Waals surface area (Å²) in [6, 6.07) is 19.7. The first-order valence-corrected chi connectivity index (χ1v) is 8.53. The van der Waals surface area contributed by atoms with Crippen LogP contribution in [0.15, 0.2) is 66.7 Å². The van der Waals surface area contributed by atoms with Gasteiger partial charge >= 0.3 is 0 Å². The molecule has 0 spiro atoms. The van der Waals surface area contributed by atoms with E-state index in [2.05, 4.69) is 5.32 Å². The van der Waals surface area contributed by atoms with Crippen LogP contribution >= 0.6 is 0 Å². The SMILES string of the molecule is O=C(/C=C\c1ccccc1)NCC1CC(=O)N(Cc2ccccc2)C1. The zero-order chi connectivity index (χ0) is 17.5. The van der Waals surface area contributed by atoms with Crippen LogP contribution in [-0.4, -0.2) is 29.8 Å². The number of rotatable bonds is 6. The Bertz CT molecular complexity index is 741. The van der Waals surface area contributed by atoms with Crippen molar-refractivity contribution in [3.8, 4) is 0 Å². The predicted molar refractivity (Wildman–Crippen MR) is 98.5 cm³/mol. The third-order valence-corrected chi connectivity index (χ3v) is 4.30. The van der Waals surface area contributed by atoms with Crippen LogP contribution < -0.4 is 5.32 Å². The molecule has 4 heteroatoms. The summed E-state index contributed by atoms with van der Waals surface area (Å²) >= 11 is 0. The monoisotopic (exact) mass is 334 g/mol. The summed E-state index contributed by atoms with van der Waals surface area (Å²) in [7, 11) is 0. The van der Waals surface area contributed by atoms with Gasteiger partial charge in [0.25, 0.3) is 0 Å². The zero-order valence-electron chi connectivity index (χ0n) is 14.1. The molecular formula is C21H22N2O2. The molecule has 1 saturated heterocycles. The van der Waals surface area contributed by atoms with E-state index in [-0.39, 0.29) is 17.7 Å². The van der Waals surface area contributed by atoms with Crippen molar-refractivity contribution in [3.63, 3.8) is 0 Å². The Morgan fingerprint density at radius 1 is 1.08 bits per heavy atom. The Morgan fingerprint density at radius 3 is 2.48 bits per heavy atom. The van der Waals surface area contributed by atoms with E-state index in [0.717, 1.165) is 11.1 Å². The highest BCUT2D eigenvalue weighted by Crippen LogP contribution is 2.19. The molecule has 3 rings (SSSR count). The maximum atomic E-state index is 12.1. The second-order valence-corrected chi connectivity index (χ2v) is 6.32. The first kappa shape index (κ1) is 17.0. The maximum Gasteiger partial charge on any atom is 0.244 e. The highest BCUT2D eigenvalue weighted by Gasteiger charge is 2.29. The molecule has 1 N–H and O–H groups in total. The van der Waals surface area contributed by atoms with Gasteiger partial charge in [-0.3, -0.25) is 9.59 Å². The van der Waals surface area contributed by atoms with Crippen molar-refractivity contribution in [2.24, 2.45) is 5.92 Å². The van der Waals surface area contributed by atoms with Crippen molar-refractivity contribution in [2.75, 3.05) is 13.1 Å². The lowest BCUT2D eigenvalue weighted by molar-refractivity contribution is -0.128. The quantitative estimate of drug-likeness (QED) is 0.826. The van der Waals surface area contributed by atoms with Crippen LogP contribution in [0, 0.1) is 5.92 Å². The van der Waals surface area contributed by atoms with Gasteiger partial charge in [0.05, 0.1) is 0 Å². The Balaban J connectivity index is 1.45. The van der Waals surface area contributed by atoms with Crippen LogP contribution in [0.5, 0.6) is 0 Å². The number of hydrogen-bond donors (Lipinski definition) is 1. The molecule has 1 aliphatic rings. The van der Waals surface area contributed by atoms with Gasteiger partial charge in [0.1, 0.15) is 0 Å². The van der Waals surface area contributed by atoms with E-state index in [1.54, 1.807) is 6.08 Å². The molecule has 1 heterocycles. The second-order valence-electron chi connectivity index (χ2n) is 6.32. The van der Waals surface area contributed by atoms with Gasteiger partial charge in [-0.15, -0.1) is 0 Å². The minimum atomic E-state index is -0.127. The summed E-state index contributed by atoms with van der Waals surface area (Å²) < 4.78 is 0.